The fraction of sp³-hybridized carbons (Fsp3) is 0.667. The Labute approximate surface area is 82.7 Å². The van der Waals surface area contributed by atoms with Crippen LogP contribution in [0.15, 0.2) is 12.4 Å². The highest BCUT2D eigenvalue weighted by Gasteiger charge is 2.13. The molecule has 2 rings (SSSR count). The molecule has 0 radical (unpaired) electrons. The Morgan fingerprint density at radius 3 is 3.38 bits per heavy atom. The van der Waals surface area contributed by atoms with Gasteiger partial charge in [-0.15, -0.1) is 0 Å². The van der Waals surface area contributed by atoms with Crippen LogP contribution >= 0.6 is 11.8 Å². The van der Waals surface area contributed by atoms with E-state index in [1.54, 1.807) is 6.20 Å². The zero-order valence-electron chi connectivity index (χ0n) is 7.62. The van der Waals surface area contributed by atoms with Gasteiger partial charge in [0.15, 0.2) is 0 Å². The Morgan fingerprint density at radius 1 is 1.69 bits per heavy atom. The molecule has 0 saturated carbocycles. The van der Waals surface area contributed by atoms with Gasteiger partial charge in [0.1, 0.15) is 5.82 Å². The van der Waals surface area contributed by atoms with Crippen molar-refractivity contribution in [3.05, 3.63) is 18.2 Å². The Morgan fingerprint density at radius 2 is 2.69 bits per heavy atom. The van der Waals surface area contributed by atoms with Gasteiger partial charge in [-0.25, -0.2) is 4.98 Å². The third-order valence-electron chi connectivity index (χ3n) is 2.28. The summed E-state index contributed by atoms with van der Waals surface area (Å²) < 4.78 is 0. The van der Waals surface area contributed by atoms with E-state index in [1.807, 2.05) is 18.0 Å². The third-order valence-corrected chi connectivity index (χ3v) is 3.44. The normalized spacial score (nSPS) is 22.3. The molecule has 1 aromatic heterocycles. The fourth-order valence-corrected chi connectivity index (χ4v) is 2.71. The molecule has 2 N–H and O–H groups in total. The van der Waals surface area contributed by atoms with Gasteiger partial charge in [-0.2, -0.15) is 11.8 Å². The molecular weight excluding hydrogens is 182 g/mol. The van der Waals surface area contributed by atoms with Crippen molar-refractivity contribution in [2.45, 2.75) is 18.9 Å². The molecule has 1 saturated heterocycles. The second-order valence-electron chi connectivity index (χ2n) is 3.30. The number of thioether (sulfide) groups is 1. The lowest BCUT2D eigenvalue weighted by molar-refractivity contribution is 0.556. The maximum atomic E-state index is 4.18. The van der Waals surface area contributed by atoms with E-state index in [-0.39, 0.29) is 0 Å². The Bertz CT molecular complexity index is 229. The number of hydrogen-bond acceptors (Lipinski definition) is 3. The van der Waals surface area contributed by atoms with Gasteiger partial charge in [0.05, 0.1) is 0 Å². The van der Waals surface area contributed by atoms with E-state index in [0.717, 1.165) is 24.8 Å². The van der Waals surface area contributed by atoms with Crippen molar-refractivity contribution in [1.82, 2.24) is 15.3 Å². The zero-order chi connectivity index (χ0) is 8.93. The first-order valence-electron chi connectivity index (χ1n) is 4.74. The highest BCUT2D eigenvalue weighted by molar-refractivity contribution is 7.99. The van der Waals surface area contributed by atoms with Crippen molar-refractivity contribution in [3.8, 4) is 0 Å². The van der Waals surface area contributed by atoms with Crippen LogP contribution in [0.2, 0.25) is 0 Å². The van der Waals surface area contributed by atoms with Crippen LogP contribution in [0.25, 0.3) is 0 Å². The van der Waals surface area contributed by atoms with Gasteiger partial charge in [-0.1, -0.05) is 0 Å². The van der Waals surface area contributed by atoms with E-state index in [4.69, 9.17) is 0 Å². The van der Waals surface area contributed by atoms with Crippen molar-refractivity contribution in [1.29, 1.82) is 0 Å². The van der Waals surface area contributed by atoms with Gasteiger partial charge in [0.25, 0.3) is 0 Å². The van der Waals surface area contributed by atoms with Crippen molar-refractivity contribution in [2.24, 2.45) is 0 Å². The van der Waals surface area contributed by atoms with Crippen LogP contribution in [0.4, 0.5) is 0 Å². The number of aromatic nitrogens is 2. The van der Waals surface area contributed by atoms with Gasteiger partial charge >= 0.3 is 0 Å². The lowest BCUT2D eigenvalue weighted by Gasteiger charge is -2.09. The summed E-state index contributed by atoms with van der Waals surface area (Å²) in [7, 11) is 0. The number of nitrogens with one attached hydrogen (secondary N) is 2. The summed E-state index contributed by atoms with van der Waals surface area (Å²) in [6, 6.07) is 0.736. The summed E-state index contributed by atoms with van der Waals surface area (Å²) in [6.45, 7) is 1.04. The molecule has 0 spiro atoms. The number of nitrogens with zero attached hydrogens (tertiary/aromatic N) is 1. The second kappa shape index (κ2) is 4.67. The standard InChI is InChI=1S/C9H15N3S/c1(9-11-4-5-12-9)3-10-8-2-6-13-7-8/h4-5,8,10H,1-3,6-7H2,(H,11,12). The van der Waals surface area contributed by atoms with Gasteiger partial charge < -0.3 is 10.3 Å². The molecule has 0 aliphatic carbocycles. The average molecular weight is 197 g/mol. The number of aromatic amines is 1. The van der Waals surface area contributed by atoms with Crippen LogP contribution < -0.4 is 5.32 Å². The minimum atomic E-state index is 0.736. The topological polar surface area (TPSA) is 40.7 Å². The van der Waals surface area contributed by atoms with Gasteiger partial charge in [-0.3, -0.25) is 0 Å². The first-order chi connectivity index (χ1) is 6.45. The molecule has 1 atom stereocenters. The maximum absolute atomic E-state index is 4.18. The summed E-state index contributed by atoms with van der Waals surface area (Å²) in [5.74, 6) is 3.68. The van der Waals surface area contributed by atoms with Crippen molar-refractivity contribution in [3.63, 3.8) is 0 Å². The number of hydrogen-bond donors (Lipinski definition) is 2. The van der Waals surface area contributed by atoms with Gasteiger partial charge in [0.2, 0.25) is 0 Å². The van der Waals surface area contributed by atoms with E-state index in [2.05, 4.69) is 15.3 Å². The molecule has 0 amide bonds. The van der Waals surface area contributed by atoms with Crippen molar-refractivity contribution >= 4 is 11.8 Å². The van der Waals surface area contributed by atoms with Crippen LogP contribution in [0.5, 0.6) is 0 Å². The summed E-state index contributed by atoms with van der Waals surface area (Å²) >= 11 is 2.04. The van der Waals surface area contributed by atoms with E-state index in [0.29, 0.717) is 0 Å². The van der Waals surface area contributed by atoms with E-state index in [1.165, 1.54) is 17.9 Å². The largest absolute Gasteiger partial charge is 0.349 e. The molecule has 13 heavy (non-hydrogen) atoms. The number of imidazole rings is 1. The smallest absolute Gasteiger partial charge is 0.107 e. The summed E-state index contributed by atoms with van der Waals surface area (Å²) in [5.41, 5.74) is 0. The predicted molar refractivity (Wildman–Crippen MR) is 56.0 cm³/mol. The maximum Gasteiger partial charge on any atom is 0.107 e. The van der Waals surface area contributed by atoms with Crippen molar-refractivity contribution < 1.29 is 0 Å². The Kier molecular flexibility index (Phi) is 3.27. The van der Waals surface area contributed by atoms with Crippen LogP contribution in [0.1, 0.15) is 12.2 Å². The molecule has 0 bridgehead atoms. The molecule has 1 aliphatic heterocycles. The predicted octanol–water partition coefficient (Wildman–Crippen LogP) is 1.05. The Hall–Kier alpha value is -0.480. The van der Waals surface area contributed by atoms with Crippen LogP contribution in [0, 0.1) is 0 Å². The monoisotopic (exact) mass is 197 g/mol. The van der Waals surface area contributed by atoms with E-state index in [9.17, 15) is 0 Å². The summed E-state index contributed by atoms with van der Waals surface area (Å²) in [4.78, 5) is 7.29. The molecular formula is C9H15N3S. The molecule has 2 heterocycles. The number of rotatable bonds is 4. The molecule has 1 fully saturated rings. The zero-order valence-corrected chi connectivity index (χ0v) is 8.44. The number of H-pyrrole nitrogens is 1. The minimum Gasteiger partial charge on any atom is -0.349 e. The van der Waals surface area contributed by atoms with Crippen LogP contribution in [-0.4, -0.2) is 34.1 Å². The molecule has 1 unspecified atom stereocenters. The molecule has 4 heteroatoms. The molecule has 3 nitrogen and oxygen atoms in total. The van der Waals surface area contributed by atoms with Crippen LogP contribution in [-0.2, 0) is 6.42 Å². The van der Waals surface area contributed by atoms with Gasteiger partial charge in [0, 0.05) is 37.2 Å². The van der Waals surface area contributed by atoms with E-state index >= 15 is 0 Å². The first kappa shape index (κ1) is 9.09. The molecule has 0 aromatic carbocycles. The summed E-state index contributed by atoms with van der Waals surface area (Å²) in [5, 5.41) is 3.54. The third kappa shape index (κ3) is 2.74. The highest BCUT2D eigenvalue weighted by atomic mass is 32.2. The highest BCUT2D eigenvalue weighted by Crippen LogP contribution is 2.16. The van der Waals surface area contributed by atoms with Crippen LogP contribution in [0.3, 0.4) is 0 Å². The average Bonchev–Trinajstić information content (AvgIpc) is 2.75. The quantitative estimate of drug-likeness (QED) is 0.758. The minimum absolute atomic E-state index is 0.736. The SMILES string of the molecule is c1c[nH]c(CCNC2CCSC2)n1. The lowest BCUT2D eigenvalue weighted by atomic mass is 10.2. The molecule has 1 aliphatic rings. The first-order valence-corrected chi connectivity index (χ1v) is 5.90. The summed E-state index contributed by atoms with van der Waals surface area (Å²) in [6.07, 6.45) is 6.01. The van der Waals surface area contributed by atoms with Gasteiger partial charge in [-0.05, 0) is 12.2 Å². The second-order valence-corrected chi connectivity index (χ2v) is 4.45. The fourth-order valence-electron chi connectivity index (χ4n) is 1.52. The molecule has 1 aromatic rings. The Balaban J connectivity index is 1.63. The lowest BCUT2D eigenvalue weighted by Crippen LogP contribution is -2.30. The van der Waals surface area contributed by atoms with E-state index < -0.39 is 0 Å². The van der Waals surface area contributed by atoms with Crippen molar-refractivity contribution in [2.75, 3.05) is 18.1 Å². The molecule has 72 valence electrons.